The summed E-state index contributed by atoms with van der Waals surface area (Å²) in [5.41, 5.74) is 8.32. The summed E-state index contributed by atoms with van der Waals surface area (Å²) in [5, 5.41) is 36.1. The molecule has 0 aromatic heterocycles. The zero-order valence-corrected chi connectivity index (χ0v) is 25.9. The molecule has 0 heterocycles. The van der Waals surface area contributed by atoms with Gasteiger partial charge in [0.1, 0.15) is 5.75 Å². The number of aromatic hydroxyl groups is 3. The molecule has 0 aliphatic heterocycles. The van der Waals surface area contributed by atoms with Gasteiger partial charge < -0.3 is 37.2 Å². The number of carbonyl (C=O) groups is 1. The largest absolute Gasteiger partial charge is 0.507 e. The van der Waals surface area contributed by atoms with Crippen LogP contribution in [0, 0.1) is 0 Å². The molecule has 9 N–H and O–H groups in total. The molecule has 0 saturated heterocycles. The van der Waals surface area contributed by atoms with E-state index in [-0.39, 0.29) is 79.2 Å². The summed E-state index contributed by atoms with van der Waals surface area (Å²) in [6, 6.07) is 8.42. The molecular weight excluding hydrogens is 662 g/mol. The lowest BCUT2D eigenvalue weighted by molar-refractivity contribution is 0.0997. The van der Waals surface area contributed by atoms with Gasteiger partial charge in [0.25, 0.3) is 5.91 Å². The van der Waals surface area contributed by atoms with E-state index >= 15 is 0 Å². The van der Waals surface area contributed by atoms with Crippen LogP contribution in [0.25, 0.3) is 0 Å². The Morgan fingerprint density at radius 3 is 1.92 bits per heavy atom. The number of amides is 1. The van der Waals surface area contributed by atoms with E-state index in [1.807, 2.05) is 19.1 Å². The Hall–Kier alpha value is -1.37. The number of benzene rings is 2. The lowest BCUT2D eigenvalue weighted by atomic mass is 10.0. The predicted molar refractivity (Wildman–Crippen MR) is 162 cm³/mol. The molecule has 0 radical (unpaired) electrons. The number of phenols is 3. The zero-order chi connectivity index (χ0) is 23.3. The van der Waals surface area contributed by atoms with Crippen LogP contribution in [0.1, 0.15) is 59.7 Å². The number of nitrogens with two attached hydrogens (primary N) is 1. The molecule has 0 saturated carbocycles. The highest BCUT2D eigenvalue weighted by Gasteiger charge is 2.10. The minimum atomic E-state index is -0.614. The van der Waals surface area contributed by atoms with E-state index in [4.69, 9.17) is 5.73 Å². The van der Waals surface area contributed by atoms with E-state index in [9.17, 15) is 20.1 Å². The number of nitrogens with one attached hydrogen (secondary N) is 2. The van der Waals surface area contributed by atoms with Crippen molar-refractivity contribution in [2.45, 2.75) is 51.9 Å². The molecule has 36 heavy (non-hydrogen) atoms. The Balaban J connectivity index is -0.00000272. The molecule has 0 fully saturated rings. The Kier molecular flexibility index (Phi) is 23.6. The van der Waals surface area contributed by atoms with Crippen LogP contribution in [0.5, 0.6) is 17.2 Å². The number of primary amides is 1. The van der Waals surface area contributed by atoms with Crippen molar-refractivity contribution in [2.24, 2.45) is 5.73 Å². The molecule has 2 aromatic carbocycles. The van der Waals surface area contributed by atoms with Gasteiger partial charge in [-0.05, 0) is 87.6 Å². The van der Waals surface area contributed by atoms with Gasteiger partial charge in [-0.25, -0.2) is 0 Å². The van der Waals surface area contributed by atoms with Crippen LogP contribution in [0.4, 0.5) is 0 Å². The van der Waals surface area contributed by atoms with E-state index < -0.39 is 5.91 Å². The maximum absolute atomic E-state index is 11.3. The van der Waals surface area contributed by atoms with Crippen molar-refractivity contribution in [3.05, 3.63) is 52.6 Å². The molecular formula is C25H42Br3N3O5. The number of phenolic OH excluding ortho intramolecular Hbond substituents is 2. The van der Waals surface area contributed by atoms with Gasteiger partial charge in [0.15, 0.2) is 11.5 Å². The number of unbranched alkanes of at least 4 members (excludes halogenated alkanes) is 3. The fraction of sp³-hybridized carbons (Fsp3) is 0.480. The smallest absolute Gasteiger partial charge is 0.252 e. The van der Waals surface area contributed by atoms with E-state index in [2.05, 4.69) is 10.6 Å². The van der Waals surface area contributed by atoms with Gasteiger partial charge in [-0.1, -0.05) is 31.9 Å². The molecule has 8 nitrogen and oxygen atoms in total. The summed E-state index contributed by atoms with van der Waals surface area (Å²) >= 11 is 0. The summed E-state index contributed by atoms with van der Waals surface area (Å²) in [5.74, 6) is -0.728. The van der Waals surface area contributed by atoms with Crippen LogP contribution in [0.2, 0.25) is 0 Å². The van der Waals surface area contributed by atoms with Crippen LogP contribution in [0.3, 0.4) is 0 Å². The Labute approximate surface area is 245 Å². The molecule has 0 atom stereocenters. The van der Waals surface area contributed by atoms with Crippen LogP contribution in [-0.4, -0.2) is 52.9 Å². The van der Waals surface area contributed by atoms with E-state index in [1.165, 1.54) is 18.9 Å². The third kappa shape index (κ3) is 13.3. The molecule has 2 aromatic rings. The third-order valence-electron chi connectivity index (χ3n) is 5.66. The summed E-state index contributed by atoms with van der Waals surface area (Å²) in [6.45, 7) is 5.58. The Morgan fingerprint density at radius 2 is 1.36 bits per heavy atom. The topological polar surface area (TPSA) is 159 Å². The van der Waals surface area contributed by atoms with Crippen molar-refractivity contribution >= 4 is 56.9 Å². The minimum Gasteiger partial charge on any atom is -0.507 e. The maximum atomic E-state index is 11.3. The summed E-state index contributed by atoms with van der Waals surface area (Å²) in [7, 11) is 0. The van der Waals surface area contributed by atoms with E-state index in [0.29, 0.717) is 6.42 Å². The van der Waals surface area contributed by atoms with Gasteiger partial charge in [0.2, 0.25) is 0 Å². The number of hydrogen-bond acceptors (Lipinski definition) is 6. The molecule has 11 heteroatoms. The zero-order valence-electron chi connectivity index (χ0n) is 20.7. The molecule has 1 amide bonds. The monoisotopic (exact) mass is 701 g/mol. The van der Waals surface area contributed by atoms with E-state index in [1.54, 1.807) is 12.1 Å². The minimum absolute atomic E-state index is 0. The Morgan fingerprint density at radius 1 is 0.806 bits per heavy atom. The summed E-state index contributed by atoms with van der Waals surface area (Å²) in [6.07, 6.45) is 6.92. The fourth-order valence-electron chi connectivity index (χ4n) is 3.79. The van der Waals surface area contributed by atoms with Crippen LogP contribution < -0.4 is 16.4 Å². The first-order valence-electron chi connectivity index (χ1n) is 11.5. The second-order valence-corrected chi connectivity index (χ2v) is 8.05. The highest BCUT2D eigenvalue weighted by molar-refractivity contribution is 8.93. The molecule has 0 aliphatic rings. The van der Waals surface area contributed by atoms with Crippen molar-refractivity contribution in [1.82, 2.24) is 10.6 Å². The van der Waals surface area contributed by atoms with Crippen molar-refractivity contribution < 1.29 is 25.6 Å². The number of hydrogen-bond donors (Lipinski definition) is 6. The van der Waals surface area contributed by atoms with E-state index in [0.717, 1.165) is 68.6 Å². The quantitative estimate of drug-likeness (QED) is 0.122. The standard InChI is InChI=1S/C25H37N3O4.3BrH.H2O/c1-2-20-19(8-10-23(30)24(20)31)12-16-28-14-6-4-3-5-13-27-15-11-18-7-9-22(29)21(17-18)25(26)32;;;;/h7-10,17,27-31H,2-6,11-16H2,1H3,(H2,26,32);3*1H;1H2. The maximum Gasteiger partial charge on any atom is 0.252 e. The highest BCUT2D eigenvalue weighted by Crippen LogP contribution is 2.31. The first-order valence-corrected chi connectivity index (χ1v) is 11.5. The van der Waals surface area contributed by atoms with Gasteiger partial charge in [-0.15, -0.1) is 50.9 Å². The molecule has 0 spiro atoms. The average Bonchev–Trinajstić information content (AvgIpc) is 2.77. The lowest BCUT2D eigenvalue weighted by Gasteiger charge is -2.12. The van der Waals surface area contributed by atoms with Gasteiger partial charge in [-0.2, -0.15) is 0 Å². The highest BCUT2D eigenvalue weighted by atomic mass is 79.9. The van der Waals surface area contributed by atoms with Crippen LogP contribution in [-0.2, 0) is 19.3 Å². The average molecular weight is 704 g/mol. The van der Waals surface area contributed by atoms with Crippen molar-refractivity contribution in [3.63, 3.8) is 0 Å². The normalized spacial score (nSPS) is 9.81. The molecule has 0 aliphatic carbocycles. The van der Waals surface area contributed by atoms with Gasteiger partial charge in [0.05, 0.1) is 5.56 Å². The van der Waals surface area contributed by atoms with Gasteiger partial charge in [-0.3, -0.25) is 4.79 Å². The third-order valence-corrected chi connectivity index (χ3v) is 5.66. The predicted octanol–water partition coefficient (Wildman–Crippen LogP) is 3.90. The SMILES string of the molecule is Br.Br.Br.CCc1c(CCNCCCCCCNCCc2ccc(O)c(C(N)=O)c2)ccc(O)c1O.O. The van der Waals surface area contributed by atoms with Gasteiger partial charge >= 0.3 is 0 Å². The van der Waals surface area contributed by atoms with Crippen LogP contribution >= 0.6 is 50.9 Å². The number of halogens is 3. The summed E-state index contributed by atoms with van der Waals surface area (Å²) in [4.78, 5) is 11.3. The van der Waals surface area contributed by atoms with Gasteiger partial charge in [0, 0.05) is 5.56 Å². The van der Waals surface area contributed by atoms with Crippen molar-refractivity contribution in [1.29, 1.82) is 0 Å². The van der Waals surface area contributed by atoms with Crippen molar-refractivity contribution in [3.8, 4) is 17.2 Å². The number of carbonyl (C=O) groups excluding carboxylic acids is 1. The fourth-order valence-corrected chi connectivity index (χ4v) is 3.79. The molecule has 0 bridgehead atoms. The molecule has 208 valence electrons. The lowest BCUT2D eigenvalue weighted by Crippen LogP contribution is -2.20. The van der Waals surface area contributed by atoms with Crippen molar-refractivity contribution in [2.75, 3.05) is 26.2 Å². The second-order valence-electron chi connectivity index (χ2n) is 8.05. The molecule has 2 rings (SSSR count). The first kappa shape index (κ1) is 39.1. The summed E-state index contributed by atoms with van der Waals surface area (Å²) < 4.78 is 0. The number of rotatable bonds is 15. The molecule has 0 unspecified atom stereocenters. The first-order chi connectivity index (χ1) is 15.4. The second kappa shape index (κ2) is 21.7. The van der Waals surface area contributed by atoms with Crippen LogP contribution in [0.15, 0.2) is 30.3 Å². The Bertz CT molecular complexity index is 888.